The zero-order valence-electron chi connectivity index (χ0n) is 11.7. The summed E-state index contributed by atoms with van der Waals surface area (Å²) >= 11 is 3.40. The second-order valence-corrected chi connectivity index (χ2v) is 5.39. The van der Waals surface area contributed by atoms with Gasteiger partial charge in [-0.25, -0.2) is 4.79 Å². The van der Waals surface area contributed by atoms with Gasteiger partial charge in [0.2, 0.25) is 5.91 Å². The van der Waals surface area contributed by atoms with Crippen molar-refractivity contribution in [2.45, 2.75) is 19.1 Å². The molecule has 1 heterocycles. The lowest BCUT2D eigenvalue weighted by atomic mass is 10.2. The molecular formula is C13H13BrF3N3O3. The van der Waals surface area contributed by atoms with Crippen LogP contribution in [0.5, 0.6) is 0 Å². The number of amides is 1. The van der Waals surface area contributed by atoms with Crippen LogP contribution in [0.15, 0.2) is 28.9 Å². The average molecular weight is 396 g/mol. The van der Waals surface area contributed by atoms with Crippen molar-refractivity contribution in [1.29, 1.82) is 0 Å². The van der Waals surface area contributed by atoms with E-state index in [2.05, 4.69) is 26.2 Å². The van der Waals surface area contributed by atoms with Crippen LogP contribution in [0.3, 0.4) is 0 Å². The van der Waals surface area contributed by atoms with Gasteiger partial charge >= 0.3 is 12.1 Å². The van der Waals surface area contributed by atoms with E-state index >= 15 is 0 Å². The Morgan fingerprint density at radius 1 is 1.39 bits per heavy atom. The summed E-state index contributed by atoms with van der Waals surface area (Å²) in [6, 6.07) is 5.32. The van der Waals surface area contributed by atoms with Crippen LogP contribution in [0.25, 0.3) is 10.9 Å². The Morgan fingerprint density at radius 2 is 1.96 bits per heavy atom. The van der Waals surface area contributed by atoms with E-state index in [1.807, 2.05) is 18.2 Å². The van der Waals surface area contributed by atoms with Crippen LogP contribution in [0.4, 0.5) is 18.9 Å². The number of hydrogen-bond donors (Lipinski definition) is 4. The monoisotopic (exact) mass is 395 g/mol. The van der Waals surface area contributed by atoms with Gasteiger partial charge in [-0.1, -0.05) is 15.9 Å². The van der Waals surface area contributed by atoms with Crippen LogP contribution < -0.4 is 11.1 Å². The predicted molar refractivity (Wildman–Crippen MR) is 82.0 cm³/mol. The fraction of sp³-hybridized carbons (Fsp3) is 0.231. The van der Waals surface area contributed by atoms with E-state index in [9.17, 15) is 18.0 Å². The van der Waals surface area contributed by atoms with Crippen molar-refractivity contribution in [3.63, 3.8) is 0 Å². The molecule has 1 amide bonds. The Hall–Kier alpha value is -2.07. The Balaban J connectivity index is 0.000000322. The molecule has 1 atom stereocenters. The molecule has 1 aromatic carbocycles. The van der Waals surface area contributed by atoms with E-state index in [-0.39, 0.29) is 5.91 Å². The minimum atomic E-state index is -5.08. The number of alkyl halides is 3. The number of rotatable bonds is 2. The first kappa shape index (κ1) is 19.0. The maximum absolute atomic E-state index is 11.5. The third kappa shape index (κ3) is 5.57. The maximum Gasteiger partial charge on any atom is 0.490 e. The van der Waals surface area contributed by atoms with Crippen molar-refractivity contribution < 1.29 is 27.9 Å². The molecule has 0 spiro atoms. The minimum absolute atomic E-state index is 0.194. The summed E-state index contributed by atoms with van der Waals surface area (Å²) in [4.78, 5) is 23.5. The van der Waals surface area contributed by atoms with Gasteiger partial charge in [0.25, 0.3) is 0 Å². The molecule has 2 rings (SSSR count). The molecule has 0 aliphatic carbocycles. The van der Waals surface area contributed by atoms with Crippen molar-refractivity contribution in [3.05, 3.63) is 28.9 Å². The second-order valence-electron chi connectivity index (χ2n) is 4.47. The van der Waals surface area contributed by atoms with Crippen LogP contribution in [0.1, 0.15) is 6.92 Å². The highest BCUT2D eigenvalue weighted by molar-refractivity contribution is 9.10. The first-order chi connectivity index (χ1) is 10.5. The van der Waals surface area contributed by atoms with Gasteiger partial charge in [0, 0.05) is 21.6 Å². The Kier molecular flexibility index (Phi) is 6.16. The van der Waals surface area contributed by atoms with Gasteiger partial charge in [0.1, 0.15) is 0 Å². The standard InChI is InChI=1S/C11H12BrN3O.C2HF3O2/c1-6(13)11(16)15-10-5-14-9-3-2-7(12)4-8(9)10;3-2(4,5)1(6)7/h2-6,14H,13H2,1H3,(H,15,16);(H,6,7). The van der Waals surface area contributed by atoms with Crippen LogP contribution in [0, 0.1) is 0 Å². The third-order valence-corrected chi connectivity index (χ3v) is 3.05. The predicted octanol–water partition coefficient (Wildman–Crippen LogP) is 2.85. The Morgan fingerprint density at radius 3 is 2.43 bits per heavy atom. The van der Waals surface area contributed by atoms with E-state index in [0.717, 1.165) is 21.1 Å². The molecule has 5 N–H and O–H groups in total. The van der Waals surface area contributed by atoms with Crippen molar-refractivity contribution >= 4 is 44.4 Å². The highest BCUT2D eigenvalue weighted by Crippen LogP contribution is 2.26. The van der Waals surface area contributed by atoms with Gasteiger partial charge in [0.05, 0.1) is 11.7 Å². The number of carbonyl (C=O) groups excluding carboxylic acids is 1. The Labute approximate surface area is 137 Å². The number of benzene rings is 1. The molecule has 0 aliphatic rings. The number of aromatic nitrogens is 1. The fourth-order valence-electron chi connectivity index (χ4n) is 1.44. The molecule has 2 aromatic rings. The zero-order valence-corrected chi connectivity index (χ0v) is 13.3. The molecule has 0 saturated carbocycles. The number of aromatic amines is 1. The number of halogens is 4. The largest absolute Gasteiger partial charge is 0.490 e. The molecule has 23 heavy (non-hydrogen) atoms. The molecule has 1 unspecified atom stereocenters. The quantitative estimate of drug-likeness (QED) is 0.626. The van der Waals surface area contributed by atoms with Gasteiger partial charge in [-0.15, -0.1) is 0 Å². The summed E-state index contributed by atoms with van der Waals surface area (Å²) in [6.07, 6.45) is -3.32. The SMILES string of the molecule is CC(N)C(=O)Nc1c[nH]c2ccc(Br)cc12.O=C(O)C(F)(F)F. The van der Waals surface area contributed by atoms with Crippen LogP contribution in [-0.4, -0.2) is 34.2 Å². The van der Waals surface area contributed by atoms with Crippen molar-refractivity contribution in [2.75, 3.05) is 5.32 Å². The molecule has 0 aliphatic heterocycles. The summed E-state index contributed by atoms with van der Waals surface area (Å²) in [5.74, 6) is -2.95. The number of fused-ring (bicyclic) bond motifs is 1. The number of H-pyrrole nitrogens is 1. The number of anilines is 1. The van der Waals surface area contributed by atoms with E-state index in [4.69, 9.17) is 15.6 Å². The number of carbonyl (C=O) groups is 2. The molecule has 0 bridgehead atoms. The first-order valence-electron chi connectivity index (χ1n) is 6.15. The fourth-order valence-corrected chi connectivity index (χ4v) is 1.80. The molecule has 0 fully saturated rings. The number of nitrogens with one attached hydrogen (secondary N) is 2. The van der Waals surface area contributed by atoms with Gasteiger partial charge in [-0.3, -0.25) is 4.79 Å². The molecule has 6 nitrogen and oxygen atoms in total. The lowest BCUT2D eigenvalue weighted by Gasteiger charge is -2.06. The van der Waals surface area contributed by atoms with E-state index in [1.54, 1.807) is 13.1 Å². The van der Waals surface area contributed by atoms with Crippen LogP contribution >= 0.6 is 15.9 Å². The van der Waals surface area contributed by atoms with Crippen molar-refractivity contribution in [2.24, 2.45) is 5.73 Å². The van der Waals surface area contributed by atoms with Crippen molar-refractivity contribution in [1.82, 2.24) is 4.98 Å². The molecule has 0 saturated heterocycles. The third-order valence-electron chi connectivity index (χ3n) is 2.56. The van der Waals surface area contributed by atoms with Crippen LogP contribution in [0.2, 0.25) is 0 Å². The van der Waals surface area contributed by atoms with E-state index in [1.165, 1.54) is 0 Å². The summed E-state index contributed by atoms with van der Waals surface area (Å²) in [7, 11) is 0. The van der Waals surface area contributed by atoms with E-state index in [0.29, 0.717) is 0 Å². The summed E-state index contributed by atoms with van der Waals surface area (Å²) in [6.45, 7) is 1.65. The number of hydrogen-bond acceptors (Lipinski definition) is 3. The summed E-state index contributed by atoms with van der Waals surface area (Å²) in [5.41, 5.74) is 7.22. The summed E-state index contributed by atoms with van der Waals surface area (Å²) < 4.78 is 32.7. The highest BCUT2D eigenvalue weighted by Gasteiger charge is 2.38. The topological polar surface area (TPSA) is 108 Å². The smallest absolute Gasteiger partial charge is 0.475 e. The zero-order chi connectivity index (χ0) is 17.8. The normalized spacial score (nSPS) is 12.3. The first-order valence-corrected chi connectivity index (χ1v) is 6.95. The number of carboxylic acid groups (broad SMARTS) is 1. The van der Waals surface area contributed by atoms with Gasteiger partial charge in [0.15, 0.2) is 0 Å². The van der Waals surface area contributed by atoms with Crippen molar-refractivity contribution in [3.8, 4) is 0 Å². The van der Waals surface area contributed by atoms with E-state index < -0.39 is 18.2 Å². The minimum Gasteiger partial charge on any atom is -0.475 e. The maximum atomic E-state index is 11.5. The molecule has 0 radical (unpaired) electrons. The second kappa shape index (κ2) is 7.47. The average Bonchev–Trinajstić information content (AvgIpc) is 2.80. The molecular weight excluding hydrogens is 383 g/mol. The number of nitrogens with two attached hydrogens (primary N) is 1. The van der Waals surface area contributed by atoms with Gasteiger partial charge in [-0.05, 0) is 25.1 Å². The molecule has 1 aromatic heterocycles. The van der Waals surface area contributed by atoms with Gasteiger partial charge < -0.3 is 21.1 Å². The molecule has 126 valence electrons. The number of carboxylic acids is 1. The lowest BCUT2D eigenvalue weighted by molar-refractivity contribution is -0.192. The van der Waals surface area contributed by atoms with Crippen LogP contribution in [-0.2, 0) is 9.59 Å². The Bertz CT molecular complexity index is 713. The lowest BCUT2D eigenvalue weighted by Crippen LogP contribution is -2.32. The number of aliphatic carboxylic acids is 1. The molecule has 10 heteroatoms. The van der Waals surface area contributed by atoms with Gasteiger partial charge in [-0.2, -0.15) is 13.2 Å². The highest BCUT2D eigenvalue weighted by atomic mass is 79.9. The summed E-state index contributed by atoms with van der Waals surface area (Å²) in [5, 5.41) is 10.9.